The van der Waals surface area contributed by atoms with Crippen molar-refractivity contribution in [3.05, 3.63) is 0 Å². The second-order valence-corrected chi connectivity index (χ2v) is 3.87. The summed E-state index contributed by atoms with van der Waals surface area (Å²) in [6.45, 7) is 5.23. The molecule has 1 aliphatic rings. The van der Waals surface area contributed by atoms with Crippen LogP contribution in [0.15, 0.2) is 0 Å². The summed E-state index contributed by atoms with van der Waals surface area (Å²) >= 11 is 0. The van der Waals surface area contributed by atoms with E-state index in [2.05, 4.69) is 0 Å². The number of aliphatic hydroxyl groups excluding tert-OH is 3. The molecule has 3 N–H and O–H groups in total. The average Bonchev–Trinajstić information content (AvgIpc) is 2.10. The van der Waals surface area contributed by atoms with Gasteiger partial charge >= 0.3 is 0 Å². The van der Waals surface area contributed by atoms with E-state index in [1.807, 2.05) is 0 Å². The largest absolute Gasteiger partial charge is 0.388 e. The van der Waals surface area contributed by atoms with Gasteiger partial charge in [0.05, 0.1) is 12.2 Å². The minimum absolute atomic E-state index is 0.107. The summed E-state index contributed by atoms with van der Waals surface area (Å²) in [5.41, 5.74) is 0. The summed E-state index contributed by atoms with van der Waals surface area (Å²) in [6, 6.07) is 0. The minimum atomic E-state index is -1.22. The molecule has 1 heterocycles. The Labute approximate surface area is 83.3 Å². The van der Waals surface area contributed by atoms with E-state index in [1.54, 1.807) is 20.8 Å². The molecule has 0 aromatic rings. The molecule has 5 heteroatoms. The zero-order valence-electron chi connectivity index (χ0n) is 8.62. The highest BCUT2D eigenvalue weighted by Crippen LogP contribution is 2.22. The third-order valence-corrected chi connectivity index (χ3v) is 2.21. The standard InChI is InChI=1S/C9H18O5/c1-4(2)13-9-8(12)7(11)6(10)5(3)14-9/h4-12H,1-3H3/t5-,6+,7+,8-,9-/m1/s1. The van der Waals surface area contributed by atoms with Crippen LogP contribution in [0.5, 0.6) is 0 Å². The molecule has 5 nitrogen and oxygen atoms in total. The van der Waals surface area contributed by atoms with Crippen molar-refractivity contribution in [2.24, 2.45) is 0 Å². The average molecular weight is 206 g/mol. The van der Waals surface area contributed by atoms with Crippen LogP contribution >= 0.6 is 0 Å². The summed E-state index contributed by atoms with van der Waals surface area (Å²) in [7, 11) is 0. The topological polar surface area (TPSA) is 79.2 Å². The van der Waals surface area contributed by atoms with Gasteiger partial charge in [-0.3, -0.25) is 0 Å². The van der Waals surface area contributed by atoms with E-state index in [0.717, 1.165) is 0 Å². The highest BCUT2D eigenvalue weighted by atomic mass is 16.7. The number of hydrogen-bond donors (Lipinski definition) is 3. The smallest absolute Gasteiger partial charge is 0.186 e. The van der Waals surface area contributed by atoms with Gasteiger partial charge in [0.2, 0.25) is 0 Å². The Hall–Kier alpha value is -0.200. The first-order valence-corrected chi connectivity index (χ1v) is 4.78. The number of hydrogen-bond acceptors (Lipinski definition) is 5. The summed E-state index contributed by atoms with van der Waals surface area (Å²) in [4.78, 5) is 0. The quantitative estimate of drug-likeness (QED) is 0.553. The normalized spacial score (nSPS) is 44.4. The van der Waals surface area contributed by atoms with Crippen LogP contribution in [-0.2, 0) is 9.47 Å². The van der Waals surface area contributed by atoms with E-state index >= 15 is 0 Å². The molecule has 0 radical (unpaired) electrons. The molecule has 0 saturated carbocycles. The van der Waals surface area contributed by atoms with Crippen LogP contribution in [0.4, 0.5) is 0 Å². The molecule has 0 amide bonds. The van der Waals surface area contributed by atoms with Gasteiger partial charge in [-0.15, -0.1) is 0 Å². The van der Waals surface area contributed by atoms with Crippen LogP contribution in [-0.4, -0.2) is 52.1 Å². The first-order valence-electron chi connectivity index (χ1n) is 4.78. The summed E-state index contributed by atoms with van der Waals surface area (Å²) in [6.07, 6.45) is -5.02. The van der Waals surface area contributed by atoms with Crippen LogP contribution < -0.4 is 0 Å². The summed E-state index contributed by atoms with van der Waals surface area (Å²) < 4.78 is 10.5. The fourth-order valence-electron chi connectivity index (χ4n) is 1.39. The van der Waals surface area contributed by atoms with Gasteiger partial charge in [0.1, 0.15) is 18.3 Å². The van der Waals surface area contributed by atoms with Crippen molar-refractivity contribution >= 4 is 0 Å². The molecular formula is C9H18O5. The molecule has 1 fully saturated rings. The van der Waals surface area contributed by atoms with Gasteiger partial charge in [0.15, 0.2) is 6.29 Å². The van der Waals surface area contributed by atoms with Crippen molar-refractivity contribution < 1.29 is 24.8 Å². The third kappa shape index (κ3) is 2.43. The molecule has 1 saturated heterocycles. The Morgan fingerprint density at radius 1 is 1.07 bits per heavy atom. The van der Waals surface area contributed by atoms with E-state index in [9.17, 15) is 15.3 Å². The maximum atomic E-state index is 9.51. The first kappa shape index (κ1) is 11.9. The van der Waals surface area contributed by atoms with Gasteiger partial charge in [0, 0.05) is 0 Å². The lowest BCUT2D eigenvalue weighted by Crippen LogP contribution is -2.57. The Balaban J connectivity index is 2.60. The molecule has 0 bridgehead atoms. The zero-order chi connectivity index (χ0) is 10.9. The SMILES string of the molecule is CC(C)O[C@@H]1O[C@H](C)[C@H](O)[C@H](O)[C@H]1O. The lowest BCUT2D eigenvalue weighted by molar-refractivity contribution is -0.301. The lowest BCUT2D eigenvalue weighted by Gasteiger charge is -2.39. The minimum Gasteiger partial charge on any atom is -0.388 e. The zero-order valence-corrected chi connectivity index (χ0v) is 8.62. The molecular weight excluding hydrogens is 188 g/mol. The summed E-state index contributed by atoms with van der Waals surface area (Å²) in [5.74, 6) is 0. The van der Waals surface area contributed by atoms with E-state index in [-0.39, 0.29) is 6.10 Å². The van der Waals surface area contributed by atoms with E-state index in [0.29, 0.717) is 0 Å². The maximum Gasteiger partial charge on any atom is 0.186 e. The monoisotopic (exact) mass is 206 g/mol. The molecule has 0 unspecified atom stereocenters. The van der Waals surface area contributed by atoms with Gasteiger partial charge in [-0.2, -0.15) is 0 Å². The fraction of sp³-hybridized carbons (Fsp3) is 1.00. The third-order valence-electron chi connectivity index (χ3n) is 2.21. The van der Waals surface area contributed by atoms with Gasteiger partial charge < -0.3 is 24.8 Å². The Kier molecular flexibility index (Phi) is 3.86. The molecule has 5 atom stereocenters. The second kappa shape index (κ2) is 4.55. The van der Waals surface area contributed by atoms with Gasteiger partial charge in [-0.1, -0.05) is 0 Å². The molecule has 14 heavy (non-hydrogen) atoms. The highest BCUT2D eigenvalue weighted by Gasteiger charge is 2.42. The van der Waals surface area contributed by atoms with E-state index in [4.69, 9.17) is 9.47 Å². The second-order valence-electron chi connectivity index (χ2n) is 3.87. The van der Waals surface area contributed by atoms with E-state index < -0.39 is 30.7 Å². The molecule has 0 aromatic heterocycles. The van der Waals surface area contributed by atoms with Crippen molar-refractivity contribution in [3.8, 4) is 0 Å². The molecule has 0 spiro atoms. The molecule has 0 aliphatic carbocycles. The van der Waals surface area contributed by atoms with Crippen molar-refractivity contribution in [1.29, 1.82) is 0 Å². The first-order chi connectivity index (χ1) is 6.43. The van der Waals surface area contributed by atoms with E-state index in [1.165, 1.54) is 0 Å². The predicted molar refractivity (Wildman–Crippen MR) is 48.6 cm³/mol. The Morgan fingerprint density at radius 2 is 1.64 bits per heavy atom. The van der Waals surface area contributed by atoms with Crippen LogP contribution in [0.3, 0.4) is 0 Å². The fourth-order valence-corrected chi connectivity index (χ4v) is 1.39. The maximum absolute atomic E-state index is 9.51. The van der Waals surface area contributed by atoms with Gasteiger partial charge in [0.25, 0.3) is 0 Å². The van der Waals surface area contributed by atoms with Crippen molar-refractivity contribution in [3.63, 3.8) is 0 Å². The predicted octanol–water partition coefficient (Wildman–Crippen LogP) is -0.761. The van der Waals surface area contributed by atoms with Gasteiger partial charge in [-0.25, -0.2) is 0 Å². The molecule has 0 aromatic carbocycles. The van der Waals surface area contributed by atoms with Crippen LogP contribution in [0.2, 0.25) is 0 Å². The lowest BCUT2D eigenvalue weighted by atomic mass is 10.00. The number of aliphatic hydroxyl groups is 3. The summed E-state index contributed by atoms with van der Waals surface area (Å²) in [5, 5.41) is 28.3. The van der Waals surface area contributed by atoms with Crippen LogP contribution in [0.25, 0.3) is 0 Å². The van der Waals surface area contributed by atoms with Gasteiger partial charge in [-0.05, 0) is 20.8 Å². The highest BCUT2D eigenvalue weighted by molar-refractivity contribution is 4.87. The van der Waals surface area contributed by atoms with Crippen LogP contribution in [0.1, 0.15) is 20.8 Å². The Bertz CT molecular complexity index is 184. The number of rotatable bonds is 2. The van der Waals surface area contributed by atoms with Crippen molar-refractivity contribution in [1.82, 2.24) is 0 Å². The molecule has 84 valence electrons. The van der Waals surface area contributed by atoms with Crippen LogP contribution in [0, 0.1) is 0 Å². The Morgan fingerprint density at radius 3 is 2.14 bits per heavy atom. The van der Waals surface area contributed by atoms with Crippen molar-refractivity contribution in [2.75, 3.05) is 0 Å². The molecule has 1 rings (SSSR count). The molecule has 1 aliphatic heterocycles. The number of ether oxygens (including phenoxy) is 2. The van der Waals surface area contributed by atoms with Crippen molar-refractivity contribution in [2.45, 2.75) is 57.6 Å².